The Balaban J connectivity index is 1.54. The Hall–Kier alpha value is -3.34. The van der Waals surface area contributed by atoms with E-state index in [2.05, 4.69) is 10.3 Å². The van der Waals surface area contributed by atoms with Gasteiger partial charge in [-0.3, -0.25) is 9.59 Å². The Kier molecular flexibility index (Phi) is 5.83. The molecule has 0 saturated heterocycles. The summed E-state index contributed by atoms with van der Waals surface area (Å²) in [5, 5.41) is 2.80. The van der Waals surface area contributed by atoms with E-state index in [0.29, 0.717) is 13.2 Å². The van der Waals surface area contributed by atoms with E-state index < -0.39 is 0 Å². The molecule has 5 heteroatoms. The number of hydrogen-bond donors (Lipinski definition) is 2. The maximum absolute atomic E-state index is 12.2. The standard InChI is InChI=1S/C21H20N2O3/c24-19-13-18(21(25)22-12-11-16-7-3-1-4-8-16)23-14-20(19)26-15-17-9-5-2-6-10-17/h1-10,13-14H,11-12,15H2,(H,22,25)(H,23,24). The highest BCUT2D eigenvalue weighted by Crippen LogP contribution is 2.07. The summed E-state index contributed by atoms with van der Waals surface area (Å²) >= 11 is 0. The first-order chi connectivity index (χ1) is 12.7. The lowest BCUT2D eigenvalue weighted by Crippen LogP contribution is -2.27. The minimum absolute atomic E-state index is 0.190. The van der Waals surface area contributed by atoms with Gasteiger partial charge in [0.1, 0.15) is 12.3 Å². The van der Waals surface area contributed by atoms with Gasteiger partial charge in [-0.1, -0.05) is 60.7 Å². The summed E-state index contributed by atoms with van der Waals surface area (Å²) in [6, 6.07) is 20.7. The Bertz CT molecular complexity index is 905. The molecule has 0 aliphatic rings. The molecule has 0 aliphatic carbocycles. The van der Waals surface area contributed by atoms with E-state index in [1.54, 1.807) is 0 Å². The van der Waals surface area contributed by atoms with E-state index in [-0.39, 0.29) is 22.8 Å². The van der Waals surface area contributed by atoms with E-state index in [4.69, 9.17) is 4.74 Å². The minimum Gasteiger partial charge on any atom is -0.483 e. The molecule has 2 aromatic carbocycles. The third kappa shape index (κ3) is 4.83. The van der Waals surface area contributed by atoms with Crippen molar-refractivity contribution < 1.29 is 9.53 Å². The second-order valence-electron chi connectivity index (χ2n) is 5.84. The molecular weight excluding hydrogens is 328 g/mol. The highest BCUT2D eigenvalue weighted by molar-refractivity contribution is 5.92. The lowest BCUT2D eigenvalue weighted by molar-refractivity contribution is 0.0949. The van der Waals surface area contributed by atoms with Crippen molar-refractivity contribution in [1.29, 1.82) is 0 Å². The number of carbonyl (C=O) groups is 1. The predicted octanol–water partition coefficient (Wildman–Crippen LogP) is 2.93. The van der Waals surface area contributed by atoms with Crippen LogP contribution in [0.5, 0.6) is 5.75 Å². The molecule has 0 saturated carbocycles. The summed E-state index contributed by atoms with van der Waals surface area (Å²) in [5.41, 5.74) is 2.00. The summed E-state index contributed by atoms with van der Waals surface area (Å²) in [6.45, 7) is 0.795. The lowest BCUT2D eigenvalue weighted by Gasteiger charge is -2.08. The molecule has 132 valence electrons. The zero-order valence-electron chi connectivity index (χ0n) is 14.3. The Morgan fingerprint density at radius 1 is 0.962 bits per heavy atom. The number of carbonyl (C=O) groups excluding carboxylic acids is 1. The van der Waals surface area contributed by atoms with Crippen LogP contribution in [0.4, 0.5) is 0 Å². The molecule has 0 fully saturated rings. The van der Waals surface area contributed by atoms with Gasteiger partial charge in [-0.2, -0.15) is 0 Å². The highest BCUT2D eigenvalue weighted by atomic mass is 16.5. The molecule has 1 aromatic heterocycles. The van der Waals surface area contributed by atoms with E-state index in [1.165, 1.54) is 12.3 Å². The van der Waals surface area contributed by atoms with E-state index in [1.807, 2.05) is 60.7 Å². The van der Waals surface area contributed by atoms with Crippen LogP contribution in [0.15, 0.2) is 77.7 Å². The number of aromatic amines is 1. The van der Waals surface area contributed by atoms with Gasteiger partial charge in [-0.15, -0.1) is 0 Å². The molecule has 0 bridgehead atoms. The zero-order chi connectivity index (χ0) is 18.2. The topological polar surface area (TPSA) is 71.2 Å². The van der Waals surface area contributed by atoms with Gasteiger partial charge in [-0.25, -0.2) is 0 Å². The van der Waals surface area contributed by atoms with E-state index in [9.17, 15) is 9.59 Å². The average molecular weight is 348 g/mol. The quantitative estimate of drug-likeness (QED) is 0.690. The van der Waals surface area contributed by atoms with Crippen LogP contribution in [-0.2, 0) is 13.0 Å². The monoisotopic (exact) mass is 348 g/mol. The number of aromatic nitrogens is 1. The van der Waals surface area contributed by atoms with Crippen molar-refractivity contribution in [2.75, 3.05) is 6.54 Å². The van der Waals surface area contributed by atoms with Crippen LogP contribution in [0.2, 0.25) is 0 Å². The number of hydrogen-bond acceptors (Lipinski definition) is 3. The van der Waals surface area contributed by atoms with E-state index >= 15 is 0 Å². The molecule has 3 aromatic rings. The van der Waals surface area contributed by atoms with Crippen LogP contribution in [0.1, 0.15) is 21.6 Å². The average Bonchev–Trinajstić information content (AvgIpc) is 2.68. The van der Waals surface area contributed by atoms with E-state index in [0.717, 1.165) is 17.5 Å². The van der Waals surface area contributed by atoms with Gasteiger partial charge in [0, 0.05) is 18.8 Å². The number of amides is 1. The highest BCUT2D eigenvalue weighted by Gasteiger charge is 2.09. The van der Waals surface area contributed by atoms with Crippen molar-refractivity contribution >= 4 is 5.91 Å². The number of rotatable bonds is 7. The Labute approximate surface area is 151 Å². The van der Waals surface area contributed by atoms with Crippen molar-refractivity contribution in [2.24, 2.45) is 0 Å². The van der Waals surface area contributed by atoms with Gasteiger partial charge in [0.15, 0.2) is 5.75 Å². The van der Waals surface area contributed by atoms with Crippen LogP contribution in [0.25, 0.3) is 0 Å². The fourth-order valence-corrected chi connectivity index (χ4v) is 2.50. The molecular formula is C21H20N2O3. The molecule has 0 aliphatic heterocycles. The van der Waals surface area contributed by atoms with Gasteiger partial charge in [0.2, 0.25) is 5.43 Å². The SMILES string of the molecule is O=C(NCCc1ccccc1)c1cc(=O)c(OCc2ccccc2)c[nH]1. The van der Waals surface area contributed by atoms with Crippen LogP contribution >= 0.6 is 0 Å². The molecule has 2 N–H and O–H groups in total. The summed E-state index contributed by atoms with van der Waals surface area (Å²) < 4.78 is 5.52. The summed E-state index contributed by atoms with van der Waals surface area (Å²) in [4.78, 5) is 27.1. The summed E-state index contributed by atoms with van der Waals surface area (Å²) in [7, 11) is 0. The molecule has 0 radical (unpaired) electrons. The molecule has 3 rings (SSSR count). The Morgan fingerprint density at radius 2 is 1.62 bits per heavy atom. The van der Waals surface area contributed by atoms with Gasteiger partial charge in [0.25, 0.3) is 5.91 Å². The van der Waals surface area contributed by atoms with Crippen molar-refractivity contribution in [3.05, 3.63) is 100.0 Å². The second-order valence-corrected chi connectivity index (χ2v) is 5.84. The molecule has 5 nitrogen and oxygen atoms in total. The zero-order valence-corrected chi connectivity index (χ0v) is 14.3. The lowest BCUT2D eigenvalue weighted by atomic mass is 10.1. The summed E-state index contributed by atoms with van der Waals surface area (Å²) in [6.07, 6.45) is 2.16. The maximum Gasteiger partial charge on any atom is 0.267 e. The molecule has 0 unspecified atom stereocenters. The first-order valence-electron chi connectivity index (χ1n) is 8.44. The molecule has 1 heterocycles. The van der Waals surface area contributed by atoms with Crippen molar-refractivity contribution in [3.63, 3.8) is 0 Å². The molecule has 0 atom stereocenters. The molecule has 1 amide bonds. The maximum atomic E-state index is 12.2. The van der Waals surface area contributed by atoms with Crippen LogP contribution in [0.3, 0.4) is 0 Å². The number of nitrogens with one attached hydrogen (secondary N) is 2. The van der Waals surface area contributed by atoms with Crippen molar-refractivity contribution in [1.82, 2.24) is 10.3 Å². The third-order valence-electron chi connectivity index (χ3n) is 3.90. The predicted molar refractivity (Wildman–Crippen MR) is 100 cm³/mol. The van der Waals surface area contributed by atoms with Gasteiger partial charge >= 0.3 is 0 Å². The van der Waals surface area contributed by atoms with Crippen molar-refractivity contribution in [3.8, 4) is 5.75 Å². The number of benzene rings is 2. The fourth-order valence-electron chi connectivity index (χ4n) is 2.50. The summed E-state index contributed by atoms with van der Waals surface area (Å²) in [5.74, 6) is -0.123. The first kappa shape index (κ1) is 17.5. The molecule has 26 heavy (non-hydrogen) atoms. The molecule has 0 spiro atoms. The Morgan fingerprint density at radius 3 is 2.27 bits per heavy atom. The second kappa shape index (κ2) is 8.67. The van der Waals surface area contributed by atoms with Crippen LogP contribution in [0, 0.1) is 0 Å². The number of H-pyrrole nitrogens is 1. The fraction of sp³-hybridized carbons (Fsp3) is 0.143. The first-order valence-corrected chi connectivity index (χ1v) is 8.44. The number of pyridine rings is 1. The minimum atomic E-state index is -0.326. The largest absolute Gasteiger partial charge is 0.483 e. The third-order valence-corrected chi connectivity index (χ3v) is 3.90. The number of ether oxygens (including phenoxy) is 1. The smallest absolute Gasteiger partial charge is 0.267 e. The van der Waals surface area contributed by atoms with Gasteiger partial charge in [0.05, 0.1) is 0 Å². The van der Waals surface area contributed by atoms with Gasteiger partial charge in [-0.05, 0) is 17.5 Å². The van der Waals surface area contributed by atoms with Crippen molar-refractivity contribution in [2.45, 2.75) is 13.0 Å². The van der Waals surface area contributed by atoms with Gasteiger partial charge < -0.3 is 15.0 Å². The normalized spacial score (nSPS) is 10.3. The van der Waals surface area contributed by atoms with Crippen LogP contribution in [-0.4, -0.2) is 17.4 Å². The van der Waals surface area contributed by atoms with Crippen LogP contribution < -0.4 is 15.5 Å².